The van der Waals surface area contributed by atoms with E-state index in [-0.39, 0.29) is 24.4 Å². The summed E-state index contributed by atoms with van der Waals surface area (Å²) in [5.74, 6) is 0.0331. The molecule has 2 fully saturated rings. The Balaban J connectivity index is 0.00000274. The minimum absolute atomic E-state index is 0. The molecule has 34 heavy (non-hydrogen) atoms. The van der Waals surface area contributed by atoms with Gasteiger partial charge in [-0.2, -0.15) is 0 Å². The predicted octanol–water partition coefficient (Wildman–Crippen LogP) is 3.29. The molecule has 1 atom stereocenters. The molecule has 5 rings (SSSR count). The van der Waals surface area contributed by atoms with Gasteiger partial charge in [0.15, 0.2) is 0 Å². The second kappa shape index (κ2) is 11.0. The zero-order chi connectivity index (χ0) is 22.8. The average Bonchev–Trinajstić information content (AvgIpc) is 2.86. The van der Waals surface area contributed by atoms with Crippen molar-refractivity contribution in [1.29, 1.82) is 0 Å². The van der Waals surface area contributed by atoms with Gasteiger partial charge in [-0.15, -0.1) is 12.4 Å². The molecule has 2 aromatic rings. The molecule has 1 unspecified atom stereocenters. The quantitative estimate of drug-likeness (QED) is 0.721. The fourth-order valence-electron chi connectivity index (χ4n) is 5.42. The summed E-state index contributed by atoms with van der Waals surface area (Å²) >= 11 is 0. The largest absolute Gasteiger partial charge is 0.378 e. The summed E-state index contributed by atoms with van der Waals surface area (Å²) in [6, 6.07) is 12.8. The van der Waals surface area contributed by atoms with E-state index in [4.69, 9.17) is 4.74 Å². The number of amides is 1. The van der Waals surface area contributed by atoms with E-state index in [9.17, 15) is 4.79 Å². The highest BCUT2D eigenvalue weighted by Gasteiger charge is 2.27. The van der Waals surface area contributed by atoms with Crippen molar-refractivity contribution < 1.29 is 9.53 Å². The molecular formula is C27H37ClN4O2. The second-order valence-corrected chi connectivity index (χ2v) is 9.71. The Morgan fingerprint density at radius 3 is 2.32 bits per heavy atom. The molecule has 0 radical (unpaired) electrons. The first-order valence-electron chi connectivity index (χ1n) is 12.4. The molecule has 1 N–H and O–H groups in total. The third-order valence-corrected chi connectivity index (χ3v) is 7.52. The first-order chi connectivity index (χ1) is 16.1. The lowest BCUT2D eigenvalue weighted by molar-refractivity contribution is 0.0933. The third-order valence-electron chi connectivity index (χ3n) is 7.52. The third kappa shape index (κ3) is 5.35. The number of aryl methyl sites for hydroxylation is 1. The van der Waals surface area contributed by atoms with Crippen LogP contribution in [-0.4, -0.2) is 76.4 Å². The summed E-state index contributed by atoms with van der Waals surface area (Å²) in [4.78, 5) is 20.3. The number of nitrogens with one attached hydrogen (secondary N) is 1. The Morgan fingerprint density at radius 2 is 1.62 bits per heavy atom. The van der Waals surface area contributed by atoms with Crippen molar-refractivity contribution >= 4 is 29.7 Å². The molecule has 3 aliphatic rings. The minimum Gasteiger partial charge on any atom is -0.378 e. The first kappa shape index (κ1) is 24.8. The maximum Gasteiger partial charge on any atom is 0.251 e. The lowest BCUT2D eigenvalue weighted by Crippen LogP contribution is -2.45. The summed E-state index contributed by atoms with van der Waals surface area (Å²) in [5, 5.41) is 3.33. The molecule has 2 saturated heterocycles. The van der Waals surface area contributed by atoms with E-state index >= 15 is 0 Å². The van der Waals surface area contributed by atoms with Crippen LogP contribution in [0.25, 0.3) is 0 Å². The number of nitrogens with zero attached hydrogens (tertiary/aromatic N) is 3. The number of rotatable bonds is 4. The van der Waals surface area contributed by atoms with Crippen LogP contribution in [0.2, 0.25) is 0 Å². The second-order valence-electron chi connectivity index (χ2n) is 9.71. The Bertz CT molecular complexity index is 983. The number of carbonyl (C=O) groups excluding carboxylic acids is 1. The molecule has 0 bridgehead atoms. The van der Waals surface area contributed by atoms with Gasteiger partial charge in [0.25, 0.3) is 5.91 Å². The fourth-order valence-corrected chi connectivity index (χ4v) is 5.42. The monoisotopic (exact) mass is 484 g/mol. The highest BCUT2D eigenvalue weighted by atomic mass is 35.5. The van der Waals surface area contributed by atoms with Gasteiger partial charge in [-0.05, 0) is 80.3 Å². The standard InChI is InChI=1S/C27H36N4O2.ClH/c1-20-3-10-26(31-13-11-29(2)12-14-31)25-19-22(6-9-24(20)25)28-27(32)21-4-7-23(8-5-21)30-15-17-33-18-16-30;/h3-5,7-8,10,22H,6,9,11-19H2,1-2H3,(H,28,32);1H. The smallest absolute Gasteiger partial charge is 0.251 e. The van der Waals surface area contributed by atoms with E-state index in [0.29, 0.717) is 0 Å². The van der Waals surface area contributed by atoms with Crippen LogP contribution in [0.1, 0.15) is 33.5 Å². The van der Waals surface area contributed by atoms with E-state index in [1.54, 1.807) is 0 Å². The summed E-state index contributed by atoms with van der Waals surface area (Å²) in [6.45, 7) is 9.90. The summed E-state index contributed by atoms with van der Waals surface area (Å²) in [7, 11) is 2.20. The van der Waals surface area contributed by atoms with Crippen molar-refractivity contribution in [2.75, 3.05) is 69.3 Å². The van der Waals surface area contributed by atoms with Crippen molar-refractivity contribution in [3.05, 3.63) is 58.7 Å². The van der Waals surface area contributed by atoms with Gasteiger partial charge >= 0.3 is 0 Å². The summed E-state index contributed by atoms with van der Waals surface area (Å²) in [5.41, 5.74) is 7.59. The molecule has 2 aromatic carbocycles. The predicted molar refractivity (Wildman–Crippen MR) is 141 cm³/mol. The fraction of sp³-hybridized carbons (Fsp3) is 0.519. The zero-order valence-electron chi connectivity index (χ0n) is 20.4. The summed E-state index contributed by atoms with van der Waals surface area (Å²) < 4.78 is 5.44. The lowest BCUT2D eigenvalue weighted by atomic mass is 9.84. The van der Waals surface area contributed by atoms with Crippen molar-refractivity contribution in [3.8, 4) is 0 Å². The number of ether oxygens (including phenoxy) is 1. The Hall–Kier alpha value is -2.28. The van der Waals surface area contributed by atoms with E-state index in [1.165, 1.54) is 22.4 Å². The number of likely N-dealkylation sites (N-methyl/N-ethyl adjacent to an activating group) is 1. The topological polar surface area (TPSA) is 48.0 Å². The number of hydrogen-bond acceptors (Lipinski definition) is 5. The minimum atomic E-state index is 0. The Labute approximate surface area is 209 Å². The normalized spacial score (nSPS) is 20.9. The number of carbonyl (C=O) groups is 1. The van der Waals surface area contributed by atoms with E-state index < -0.39 is 0 Å². The number of piperazine rings is 1. The van der Waals surface area contributed by atoms with Crippen molar-refractivity contribution in [1.82, 2.24) is 10.2 Å². The van der Waals surface area contributed by atoms with Crippen LogP contribution in [0.3, 0.4) is 0 Å². The molecular weight excluding hydrogens is 448 g/mol. The molecule has 7 heteroatoms. The van der Waals surface area contributed by atoms with Crippen LogP contribution in [0.5, 0.6) is 0 Å². The molecule has 0 spiro atoms. The number of benzene rings is 2. The van der Waals surface area contributed by atoms with E-state index in [0.717, 1.165) is 83.0 Å². The maximum atomic E-state index is 13.0. The molecule has 1 aliphatic carbocycles. The molecule has 6 nitrogen and oxygen atoms in total. The highest BCUT2D eigenvalue weighted by molar-refractivity contribution is 5.94. The van der Waals surface area contributed by atoms with Crippen molar-refractivity contribution in [2.45, 2.75) is 32.2 Å². The van der Waals surface area contributed by atoms with Crippen LogP contribution in [0, 0.1) is 6.92 Å². The van der Waals surface area contributed by atoms with Gasteiger partial charge in [-0.3, -0.25) is 4.79 Å². The van der Waals surface area contributed by atoms with Crippen LogP contribution < -0.4 is 15.1 Å². The van der Waals surface area contributed by atoms with Crippen LogP contribution in [0.4, 0.5) is 11.4 Å². The van der Waals surface area contributed by atoms with E-state index in [1.807, 2.05) is 12.1 Å². The van der Waals surface area contributed by atoms with Gasteiger partial charge in [0.1, 0.15) is 0 Å². The zero-order valence-corrected chi connectivity index (χ0v) is 21.2. The number of anilines is 2. The number of morpholine rings is 1. The Morgan fingerprint density at radius 1 is 0.912 bits per heavy atom. The molecule has 1 amide bonds. The van der Waals surface area contributed by atoms with E-state index in [2.05, 4.69) is 58.3 Å². The molecule has 2 aliphatic heterocycles. The molecule has 0 saturated carbocycles. The summed E-state index contributed by atoms with van der Waals surface area (Å²) in [6.07, 6.45) is 2.94. The molecule has 184 valence electrons. The molecule has 2 heterocycles. The lowest BCUT2D eigenvalue weighted by Gasteiger charge is -2.37. The van der Waals surface area contributed by atoms with Crippen molar-refractivity contribution in [2.24, 2.45) is 0 Å². The Kier molecular flexibility index (Phi) is 8.02. The number of fused-ring (bicyclic) bond motifs is 1. The van der Waals surface area contributed by atoms with Gasteiger partial charge in [-0.25, -0.2) is 0 Å². The van der Waals surface area contributed by atoms with Crippen molar-refractivity contribution in [3.63, 3.8) is 0 Å². The molecule has 0 aromatic heterocycles. The average molecular weight is 485 g/mol. The number of hydrogen-bond donors (Lipinski definition) is 1. The van der Waals surface area contributed by atoms with Gasteiger partial charge < -0.3 is 24.8 Å². The number of halogens is 1. The first-order valence-corrected chi connectivity index (χ1v) is 12.4. The van der Waals surface area contributed by atoms with Gasteiger partial charge in [-0.1, -0.05) is 6.07 Å². The van der Waals surface area contributed by atoms with Gasteiger partial charge in [0.2, 0.25) is 0 Å². The van der Waals surface area contributed by atoms with Crippen LogP contribution in [0.15, 0.2) is 36.4 Å². The SMILES string of the molecule is Cc1ccc(N2CCN(C)CC2)c2c1CCC(NC(=O)c1ccc(N3CCOCC3)cc1)C2.Cl. The van der Waals surface area contributed by atoms with Gasteiger partial charge in [0, 0.05) is 62.2 Å². The van der Waals surface area contributed by atoms with Crippen LogP contribution in [-0.2, 0) is 17.6 Å². The van der Waals surface area contributed by atoms with Gasteiger partial charge in [0.05, 0.1) is 13.2 Å². The van der Waals surface area contributed by atoms with Crippen LogP contribution >= 0.6 is 12.4 Å². The highest BCUT2D eigenvalue weighted by Crippen LogP contribution is 2.33. The maximum absolute atomic E-state index is 13.0.